The lowest BCUT2D eigenvalue weighted by Gasteiger charge is -2.07. The number of rotatable bonds is 5. The van der Waals surface area contributed by atoms with Crippen LogP contribution in [-0.2, 0) is 14.8 Å². The molecular weight excluding hydrogens is 262 g/mol. The Morgan fingerprint density at radius 2 is 2.11 bits per heavy atom. The minimum atomic E-state index is -3.90. The van der Waals surface area contributed by atoms with E-state index in [0.717, 1.165) is 18.2 Å². The number of hydrogen-bond donors (Lipinski definition) is 2. The van der Waals surface area contributed by atoms with Crippen LogP contribution in [-0.4, -0.2) is 25.8 Å². The Balaban J connectivity index is 3.10. The molecule has 9 heteroatoms. The lowest BCUT2D eigenvalue weighted by molar-refractivity contribution is -0.385. The Labute approximate surface area is 103 Å². The van der Waals surface area contributed by atoms with Gasteiger partial charge in [-0.1, -0.05) is 0 Å². The third kappa shape index (κ3) is 3.25. The number of amides is 1. The van der Waals surface area contributed by atoms with E-state index >= 15 is 0 Å². The number of nitrogens with two attached hydrogens (primary N) is 1. The molecule has 0 radical (unpaired) electrons. The molecule has 0 spiro atoms. The normalized spacial score (nSPS) is 11.2. The van der Waals surface area contributed by atoms with Gasteiger partial charge >= 0.3 is 0 Å². The molecular formula is C9H11N3O5S. The van der Waals surface area contributed by atoms with Crippen LogP contribution in [0.2, 0.25) is 0 Å². The largest absolute Gasteiger partial charge is 0.369 e. The number of aryl methyl sites for hydroxylation is 1. The first-order valence-electron chi connectivity index (χ1n) is 4.77. The van der Waals surface area contributed by atoms with Crippen molar-refractivity contribution in [2.45, 2.75) is 11.8 Å². The van der Waals surface area contributed by atoms with Crippen LogP contribution in [0.4, 0.5) is 5.69 Å². The van der Waals surface area contributed by atoms with Crippen LogP contribution in [0.15, 0.2) is 23.1 Å². The first-order chi connectivity index (χ1) is 8.24. The maximum atomic E-state index is 11.7. The number of nitro benzene ring substituents is 1. The Bertz CT molecular complexity index is 596. The number of nitrogens with one attached hydrogen (secondary N) is 1. The molecule has 1 rings (SSSR count). The summed E-state index contributed by atoms with van der Waals surface area (Å²) < 4.78 is 25.5. The highest BCUT2D eigenvalue weighted by Crippen LogP contribution is 2.20. The zero-order valence-electron chi connectivity index (χ0n) is 9.41. The summed E-state index contributed by atoms with van der Waals surface area (Å²) in [5.74, 6) is -0.821. The van der Waals surface area contributed by atoms with Crippen molar-refractivity contribution in [1.82, 2.24) is 4.72 Å². The van der Waals surface area contributed by atoms with Crippen molar-refractivity contribution in [2.24, 2.45) is 5.73 Å². The molecule has 0 aliphatic rings. The van der Waals surface area contributed by atoms with Crippen LogP contribution < -0.4 is 10.5 Å². The van der Waals surface area contributed by atoms with E-state index in [2.05, 4.69) is 0 Å². The molecule has 98 valence electrons. The second-order valence-electron chi connectivity index (χ2n) is 3.50. The number of carbonyl (C=O) groups excluding carboxylic acids is 1. The standard InChI is InChI=1S/C9H11N3O5S/c1-6-4-7(12(14)15)2-3-8(6)18(16,17)11-5-9(10)13/h2-4,11H,5H2,1H3,(H2,10,13). The zero-order chi connectivity index (χ0) is 13.9. The van der Waals surface area contributed by atoms with Gasteiger partial charge in [0.25, 0.3) is 5.69 Å². The molecule has 0 bridgehead atoms. The summed E-state index contributed by atoms with van der Waals surface area (Å²) in [6, 6.07) is 3.32. The van der Waals surface area contributed by atoms with E-state index in [1.807, 2.05) is 4.72 Å². The molecule has 0 atom stereocenters. The number of sulfonamides is 1. The number of primary amides is 1. The molecule has 0 aliphatic heterocycles. The van der Waals surface area contributed by atoms with Gasteiger partial charge in [-0.25, -0.2) is 13.1 Å². The fourth-order valence-corrected chi connectivity index (χ4v) is 2.51. The summed E-state index contributed by atoms with van der Waals surface area (Å²) in [7, 11) is -3.90. The first-order valence-corrected chi connectivity index (χ1v) is 6.25. The van der Waals surface area contributed by atoms with Crippen LogP contribution in [0.5, 0.6) is 0 Å². The number of non-ortho nitro benzene ring substituents is 1. The Hall–Kier alpha value is -2.00. The summed E-state index contributed by atoms with van der Waals surface area (Å²) in [6.45, 7) is 0.893. The minimum Gasteiger partial charge on any atom is -0.369 e. The van der Waals surface area contributed by atoms with Gasteiger partial charge in [0.05, 0.1) is 16.4 Å². The monoisotopic (exact) mass is 273 g/mol. The van der Waals surface area contributed by atoms with Crippen molar-refractivity contribution in [3.8, 4) is 0 Å². The van der Waals surface area contributed by atoms with E-state index in [9.17, 15) is 23.3 Å². The van der Waals surface area contributed by atoms with E-state index < -0.39 is 27.4 Å². The van der Waals surface area contributed by atoms with Gasteiger partial charge in [-0.05, 0) is 18.6 Å². The van der Waals surface area contributed by atoms with Gasteiger partial charge < -0.3 is 5.73 Å². The van der Waals surface area contributed by atoms with Crippen molar-refractivity contribution < 1.29 is 18.1 Å². The predicted molar refractivity (Wildman–Crippen MR) is 62.2 cm³/mol. The molecule has 18 heavy (non-hydrogen) atoms. The van der Waals surface area contributed by atoms with E-state index in [1.54, 1.807) is 0 Å². The van der Waals surface area contributed by atoms with Crippen molar-refractivity contribution in [2.75, 3.05) is 6.54 Å². The van der Waals surface area contributed by atoms with E-state index in [1.165, 1.54) is 6.92 Å². The maximum Gasteiger partial charge on any atom is 0.269 e. The summed E-state index contributed by atoms with van der Waals surface area (Å²) in [5, 5.41) is 10.5. The van der Waals surface area contributed by atoms with Gasteiger partial charge in [-0.2, -0.15) is 0 Å². The molecule has 0 saturated heterocycles. The average Bonchev–Trinajstić information content (AvgIpc) is 2.26. The van der Waals surface area contributed by atoms with Gasteiger partial charge in [0.15, 0.2) is 0 Å². The van der Waals surface area contributed by atoms with Crippen LogP contribution in [0.25, 0.3) is 0 Å². The van der Waals surface area contributed by atoms with E-state index in [-0.39, 0.29) is 16.1 Å². The summed E-state index contributed by atoms with van der Waals surface area (Å²) in [5.41, 5.74) is 4.83. The van der Waals surface area contributed by atoms with Gasteiger partial charge in [0, 0.05) is 12.1 Å². The van der Waals surface area contributed by atoms with Gasteiger partial charge in [-0.15, -0.1) is 0 Å². The highest BCUT2D eigenvalue weighted by molar-refractivity contribution is 7.89. The van der Waals surface area contributed by atoms with E-state index in [0.29, 0.717) is 0 Å². The first kappa shape index (κ1) is 14.1. The van der Waals surface area contributed by atoms with Gasteiger partial charge in [0.1, 0.15) is 0 Å². The molecule has 1 aromatic carbocycles. The Morgan fingerprint density at radius 3 is 2.56 bits per heavy atom. The fraction of sp³-hybridized carbons (Fsp3) is 0.222. The van der Waals surface area contributed by atoms with Crippen molar-refractivity contribution in [1.29, 1.82) is 0 Å². The molecule has 3 N–H and O–H groups in total. The molecule has 8 nitrogen and oxygen atoms in total. The third-order valence-electron chi connectivity index (χ3n) is 2.10. The lowest BCUT2D eigenvalue weighted by Crippen LogP contribution is -2.33. The molecule has 0 aliphatic carbocycles. The predicted octanol–water partition coefficient (Wildman–Crippen LogP) is -0.333. The van der Waals surface area contributed by atoms with Gasteiger partial charge in [-0.3, -0.25) is 14.9 Å². The molecule has 1 amide bonds. The molecule has 1 aromatic rings. The Kier molecular flexibility index (Phi) is 3.99. The molecule has 0 heterocycles. The third-order valence-corrected chi connectivity index (χ3v) is 3.66. The highest BCUT2D eigenvalue weighted by Gasteiger charge is 2.19. The number of nitrogens with zero attached hydrogens (tertiary/aromatic N) is 1. The van der Waals surface area contributed by atoms with Gasteiger partial charge in [0.2, 0.25) is 15.9 Å². The number of hydrogen-bond acceptors (Lipinski definition) is 5. The molecule has 0 fully saturated rings. The Morgan fingerprint density at radius 1 is 1.50 bits per heavy atom. The quantitative estimate of drug-likeness (QED) is 0.559. The maximum absolute atomic E-state index is 11.7. The number of carbonyl (C=O) groups is 1. The topological polar surface area (TPSA) is 132 Å². The van der Waals surface area contributed by atoms with Crippen molar-refractivity contribution >= 4 is 21.6 Å². The van der Waals surface area contributed by atoms with Crippen molar-refractivity contribution in [3.63, 3.8) is 0 Å². The number of nitro groups is 1. The summed E-state index contributed by atoms with van der Waals surface area (Å²) in [6.07, 6.45) is 0. The van der Waals surface area contributed by atoms with Crippen LogP contribution in [0, 0.1) is 17.0 Å². The van der Waals surface area contributed by atoms with Crippen LogP contribution in [0.1, 0.15) is 5.56 Å². The minimum absolute atomic E-state index is 0.130. The molecule has 0 unspecified atom stereocenters. The van der Waals surface area contributed by atoms with Crippen molar-refractivity contribution in [3.05, 3.63) is 33.9 Å². The average molecular weight is 273 g/mol. The SMILES string of the molecule is Cc1cc([N+](=O)[O-])ccc1S(=O)(=O)NCC(N)=O. The summed E-state index contributed by atoms with van der Waals surface area (Å²) in [4.78, 5) is 20.3. The van der Waals surface area contributed by atoms with Crippen LogP contribution >= 0.6 is 0 Å². The highest BCUT2D eigenvalue weighted by atomic mass is 32.2. The fourth-order valence-electron chi connectivity index (χ4n) is 1.29. The van der Waals surface area contributed by atoms with Crippen LogP contribution in [0.3, 0.4) is 0 Å². The molecule has 0 saturated carbocycles. The second kappa shape index (κ2) is 5.10. The smallest absolute Gasteiger partial charge is 0.269 e. The van der Waals surface area contributed by atoms with E-state index in [4.69, 9.17) is 5.73 Å². The lowest BCUT2D eigenvalue weighted by atomic mass is 10.2. The second-order valence-corrected chi connectivity index (χ2v) is 5.23. The molecule has 0 aromatic heterocycles. The summed E-state index contributed by atoms with van der Waals surface area (Å²) >= 11 is 0. The zero-order valence-corrected chi connectivity index (χ0v) is 10.2. The number of benzene rings is 1.